The number of carbonyl (C=O) groups excluding carboxylic acids is 1. The van der Waals surface area contributed by atoms with Crippen molar-refractivity contribution in [2.24, 2.45) is 0 Å². The van der Waals surface area contributed by atoms with Gasteiger partial charge >= 0.3 is 0 Å². The highest BCUT2D eigenvalue weighted by Crippen LogP contribution is 2.23. The highest BCUT2D eigenvalue weighted by molar-refractivity contribution is 5.94. The molecule has 0 aliphatic carbocycles. The van der Waals surface area contributed by atoms with E-state index >= 15 is 0 Å². The van der Waals surface area contributed by atoms with Gasteiger partial charge in [0.1, 0.15) is 5.82 Å². The van der Waals surface area contributed by atoms with Gasteiger partial charge in [-0.05, 0) is 24.7 Å². The van der Waals surface area contributed by atoms with Crippen molar-refractivity contribution < 1.29 is 4.79 Å². The van der Waals surface area contributed by atoms with Crippen LogP contribution in [0, 0.1) is 11.3 Å². The number of nitrogens with zero attached hydrogens (tertiary/aromatic N) is 4. The zero-order chi connectivity index (χ0) is 16.2. The number of imidazole rings is 1. The van der Waals surface area contributed by atoms with Crippen molar-refractivity contribution in [3.8, 4) is 6.07 Å². The van der Waals surface area contributed by atoms with Crippen molar-refractivity contribution >= 4 is 5.91 Å². The normalized spacial score (nSPS) is 18.6. The molecule has 1 aliphatic heterocycles. The zero-order valence-electron chi connectivity index (χ0n) is 13.1. The van der Waals surface area contributed by atoms with Gasteiger partial charge in [-0.15, -0.1) is 0 Å². The third kappa shape index (κ3) is 3.10. The lowest BCUT2D eigenvalue weighted by molar-refractivity contribution is 0.0480. The van der Waals surface area contributed by atoms with E-state index in [2.05, 4.69) is 27.9 Å². The van der Waals surface area contributed by atoms with E-state index in [9.17, 15) is 4.79 Å². The quantitative estimate of drug-likeness (QED) is 0.938. The van der Waals surface area contributed by atoms with E-state index < -0.39 is 0 Å². The molecule has 1 N–H and O–H groups in total. The molecule has 118 valence electrons. The van der Waals surface area contributed by atoms with Gasteiger partial charge in [0, 0.05) is 37.6 Å². The summed E-state index contributed by atoms with van der Waals surface area (Å²) in [6.07, 6.45) is 3.54. The van der Waals surface area contributed by atoms with E-state index in [-0.39, 0.29) is 11.9 Å². The molecule has 6 heteroatoms. The van der Waals surface area contributed by atoms with Crippen LogP contribution in [0.3, 0.4) is 0 Å². The average Bonchev–Trinajstić information content (AvgIpc) is 3.15. The maximum absolute atomic E-state index is 12.7. The fraction of sp³-hybridized carbons (Fsp3) is 0.353. The fourth-order valence-electron chi connectivity index (χ4n) is 3.01. The van der Waals surface area contributed by atoms with Crippen LogP contribution < -0.4 is 0 Å². The van der Waals surface area contributed by atoms with Crippen molar-refractivity contribution in [3.05, 3.63) is 53.6 Å². The highest BCUT2D eigenvalue weighted by Gasteiger charge is 2.31. The zero-order valence-corrected chi connectivity index (χ0v) is 13.1. The van der Waals surface area contributed by atoms with Gasteiger partial charge in [0.25, 0.3) is 5.91 Å². The van der Waals surface area contributed by atoms with E-state index in [0.29, 0.717) is 24.2 Å². The smallest absolute Gasteiger partial charge is 0.254 e. The summed E-state index contributed by atoms with van der Waals surface area (Å²) < 4.78 is 0. The molecule has 2 heterocycles. The summed E-state index contributed by atoms with van der Waals surface area (Å²) in [5.74, 6) is 0.851. The molecule has 1 amide bonds. The third-order valence-corrected chi connectivity index (χ3v) is 4.26. The summed E-state index contributed by atoms with van der Waals surface area (Å²) in [6.45, 7) is 5.12. The van der Waals surface area contributed by atoms with Crippen LogP contribution in [0.1, 0.15) is 34.7 Å². The van der Waals surface area contributed by atoms with Crippen LogP contribution in [0.25, 0.3) is 0 Å². The van der Waals surface area contributed by atoms with E-state index in [1.165, 1.54) is 0 Å². The van der Waals surface area contributed by atoms with E-state index in [1.807, 2.05) is 4.90 Å². The monoisotopic (exact) mass is 309 g/mol. The number of likely N-dealkylation sites (N-methyl/N-ethyl adjacent to an activating group) is 1. The number of piperazine rings is 1. The lowest BCUT2D eigenvalue weighted by Gasteiger charge is -2.40. The summed E-state index contributed by atoms with van der Waals surface area (Å²) in [6, 6.07) is 9.02. The molecule has 2 aromatic rings. The molecular formula is C17H19N5O. The van der Waals surface area contributed by atoms with Gasteiger partial charge in [0.15, 0.2) is 0 Å². The number of hydrogen-bond donors (Lipinski definition) is 1. The van der Waals surface area contributed by atoms with Crippen molar-refractivity contribution in [3.63, 3.8) is 0 Å². The summed E-state index contributed by atoms with van der Waals surface area (Å²) in [5.41, 5.74) is 1.07. The first-order chi connectivity index (χ1) is 11.2. The molecule has 0 bridgehead atoms. The maximum atomic E-state index is 12.7. The minimum atomic E-state index is -0.0330. The van der Waals surface area contributed by atoms with E-state index in [4.69, 9.17) is 5.26 Å². The van der Waals surface area contributed by atoms with E-state index in [1.54, 1.807) is 36.7 Å². The number of H-pyrrole nitrogens is 1. The first-order valence-electron chi connectivity index (χ1n) is 7.75. The largest absolute Gasteiger partial charge is 0.347 e. The fourth-order valence-corrected chi connectivity index (χ4v) is 3.01. The molecule has 6 nitrogen and oxygen atoms in total. The second-order valence-corrected chi connectivity index (χ2v) is 5.56. The number of benzene rings is 1. The van der Waals surface area contributed by atoms with Crippen LogP contribution in [0.15, 0.2) is 36.7 Å². The van der Waals surface area contributed by atoms with Crippen LogP contribution >= 0.6 is 0 Å². The lowest BCUT2D eigenvalue weighted by atomic mass is 10.1. The van der Waals surface area contributed by atoms with Crippen molar-refractivity contribution in [1.82, 2.24) is 19.8 Å². The first kappa shape index (κ1) is 15.3. The number of nitrogens with one attached hydrogen (secondary N) is 1. The second-order valence-electron chi connectivity index (χ2n) is 5.56. The molecule has 3 rings (SSSR count). The van der Waals surface area contributed by atoms with Gasteiger partial charge in [-0.1, -0.05) is 13.0 Å². The molecule has 1 unspecified atom stereocenters. The predicted octanol–water partition coefficient (Wildman–Crippen LogP) is 1.80. The highest BCUT2D eigenvalue weighted by atomic mass is 16.2. The Hall–Kier alpha value is -2.65. The number of hydrogen-bond acceptors (Lipinski definition) is 4. The summed E-state index contributed by atoms with van der Waals surface area (Å²) in [5, 5.41) is 8.99. The Labute approximate surface area is 135 Å². The predicted molar refractivity (Wildman–Crippen MR) is 85.6 cm³/mol. The number of aromatic nitrogens is 2. The minimum Gasteiger partial charge on any atom is -0.347 e. The number of carbonyl (C=O) groups is 1. The molecular weight excluding hydrogens is 290 g/mol. The summed E-state index contributed by atoms with van der Waals surface area (Å²) >= 11 is 0. The topological polar surface area (TPSA) is 76.0 Å². The summed E-state index contributed by atoms with van der Waals surface area (Å²) in [4.78, 5) is 24.4. The SMILES string of the molecule is CCN1CCN(C(=O)c2cccc(C#N)c2)CC1c1ncc[nH]1. The number of rotatable bonds is 3. The molecule has 1 atom stereocenters. The van der Waals surface area contributed by atoms with Crippen LogP contribution in [0.2, 0.25) is 0 Å². The van der Waals surface area contributed by atoms with Crippen LogP contribution in [0.5, 0.6) is 0 Å². The Morgan fingerprint density at radius 1 is 1.48 bits per heavy atom. The number of amides is 1. The third-order valence-electron chi connectivity index (χ3n) is 4.26. The molecule has 0 spiro atoms. The van der Waals surface area contributed by atoms with Gasteiger partial charge in [-0.2, -0.15) is 5.26 Å². The van der Waals surface area contributed by atoms with Crippen molar-refractivity contribution in [2.45, 2.75) is 13.0 Å². The maximum Gasteiger partial charge on any atom is 0.254 e. The Kier molecular flexibility index (Phi) is 4.40. The van der Waals surface area contributed by atoms with Gasteiger partial charge in [0.05, 0.1) is 17.7 Å². The van der Waals surface area contributed by atoms with Gasteiger partial charge < -0.3 is 9.88 Å². The first-order valence-corrected chi connectivity index (χ1v) is 7.75. The lowest BCUT2D eigenvalue weighted by Crippen LogP contribution is -2.50. The molecule has 1 aromatic carbocycles. The van der Waals surface area contributed by atoms with Crippen LogP contribution in [-0.2, 0) is 0 Å². The second kappa shape index (κ2) is 6.63. The molecule has 0 saturated carbocycles. The van der Waals surface area contributed by atoms with Gasteiger partial charge in [0.2, 0.25) is 0 Å². The summed E-state index contributed by atoms with van der Waals surface area (Å²) in [7, 11) is 0. The van der Waals surface area contributed by atoms with Crippen LogP contribution in [0.4, 0.5) is 0 Å². The standard InChI is InChI=1S/C17H19N5O/c1-2-21-8-9-22(12-15(21)16-19-6-7-20-16)17(23)14-5-3-4-13(10-14)11-18/h3-7,10,15H,2,8-9,12H2,1H3,(H,19,20). The molecule has 1 aromatic heterocycles. The Balaban J connectivity index is 1.80. The Morgan fingerprint density at radius 3 is 3.04 bits per heavy atom. The average molecular weight is 309 g/mol. The minimum absolute atomic E-state index is 0.0330. The van der Waals surface area contributed by atoms with Crippen molar-refractivity contribution in [2.75, 3.05) is 26.2 Å². The molecule has 0 radical (unpaired) electrons. The Bertz CT molecular complexity index is 719. The molecule has 23 heavy (non-hydrogen) atoms. The number of nitriles is 1. The molecule has 1 saturated heterocycles. The Morgan fingerprint density at radius 2 is 2.35 bits per heavy atom. The van der Waals surface area contributed by atoms with Gasteiger partial charge in [-0.25, -0.2) is 4.98 Å². The van der Waals surface area contributed by atoms with Crippen molar-refractivity contribution in [1.29, 1.82) is 5.26 Å². The molecule has 1 fully saturated rings. The molecule has 1 aliphatic rings. The van der Waals surface area contributed by atoms with Gasteiger partial charge in [-0.3, -0.25) is 9.69 Å². The van der Waals surface area contributed by atoms with Crippen LogP contribution in [-0.4, -0.2) is 51.9 Å². The van der Waals surface area contributed by atoms with E-state index in [0.717, 1.165) is 18.9 Å². The number of aromatic amines is 1.